The van der Waals surface area contributed by atoms with Crippen LogP contribution in [0.25, 0.3) is 28.6 Å². The number of hydrogen-bond acceptors (Lipinski definition) is 8. The van der Waals surface area contributed by atoms with Crippen LogP contribution in [0, 0.1) is 0 Å². The van der Waals surface area contributed by atoms with Crippen molar-refractivity contribution < 1.29 is 9.53 Å². The van der Waals surface area contributed by atoms with Gasteiger partial charge in [-0.2, -0.15) is 0 Å². The van der Waals surface area contributed by atoms with Gasteiger partial charge in [0.1, 0.15) is 29.4 Å². The first-order chi connectivity index (χ1) is 16.8. The molecule has 1 fully saturated rings. The predicted octanol–water partition coefficient (Wildman–Crippen LogP) is 3.41. The molecule has 9 heteroatoms. The van der Waals surface area contributed by atoms with E-state index in [-0.39, 0.29) is 0 Å². The van der Waals surface area contributed by atoms with E-state index in [2.05, 4.69) is 37.6 Å². The summed E-state index contributed by atoms with van der Waals surface area (Å²) in [7, 11) is 0. The van der Waals surface area contributed by atoms with E-state index < -0.39 is 6.04 Å². The molecule has 5 heterocycles. The molecule has 3 aromatic heterocycles. The van der Waals surface area contributed by atoms with E-state index in [1.54, 1.807) is 12.4 Å². The number of hydrogen-bond donors (Lipinski definition) is 3. The fourth-order valence-electron chi connectivity index (χ4n) is 4.37. The summed E-state index contributed by atoms with van der Waals surface area (Å²) < 4.78 is 5.45. The molecule has 4 aromatic rings. The number of rotatable bonds is 5. The summed E-state index contributed by atoms with van der Waals surface area (Å²) in [6.45, 7) is 3.26. The number of anilines is 3. The zero-order valence-electron chi connectivity index (χ0n) is 18.4. The molecule has 2 aliphatic rings. The minimum absolute atomic E-state index is 0.491. The first-order valence-corrected chi connectivity index (χ1v) is 11.2. The van der Waals surface area contributed by atoms with Gasteiger partial charge in [-0.05, 0) is 54.2 Å². The predicted molar refractivity (Wildman–Crippen MR) is 131 cm³/mol. The molecule has 2 aliphatic heterocycles. The van der Waals surface area contributed by atoms with Crippen LogP contribution in [0.15, 0.2) is 55.0 Å². The number of benzene rings is 1. The number of aldehydes is 1. The Kier molecular flexibility index (Phi) is 5.15. The summed E-state index contributed by atoms with van der Waals surface area (Å²) in [5.41, 5.74) is 6.59. The van der Waals surface area contributed by atoms with Gasteiger partial charge in [-0.15, -0.1) is 0 Å². The van der Waals surface area contributed by atoms with Gasteiger partial charge in [-0.25, -0.2) is 15.0 Å². The van der Waals surface area contributed by atoms with Crippen LogP contribution in [0.1, 0.15) is 17.2 Å². The Balaban J connectivity index is 1.38. The number of nitrogens with one attached hydrogen (secondary N) is 3. The number of aromatic nitrogens is 4. The van der Waals surface area contributed by atoms with Crippen LogP contribution in [0.5, 0.6) is 0 Å². The molecular weight excluding hydrogens is 430 g/mol. The normalized spacial score (nSPS) is 17.3. The molecule has 1 saturated heterocycles. The zero-order valence-corrected chi connectivity index (χ0v) is 18.4. The van der Waals surface area contributed by atoms with E-state index in [9.17, 15) is 4.79 Å². The van der Waals surface area contributed by atoms with Gasteiger partial charge >= 0.3 is 0 Å². The largest absolute Gasteiger partial charge is 0.378 e. The third kappa shape index (κ3) is 3.75. The summed E-state index contributed by atoms with van der Waals surface area (Å²) in [6.07, 6.45) is 8.13. The van der Waals surface area contributed by atoms with Crippen LogP contribution in [0.4, 0.5) is 17.2 Å². The van der Waals surface area contributed by atoms with E-state index in [1.807, 2.05) is 36.5 Å². The number of morpholine rings is 1. The first-order valence-electron chi connectivity index (χ1n) is 11.2. The van der Waals surface area contributed by atoms with Crippen molar-refractivity contribution in [3.63, 3.8) is 0 Å². The smallest absolute Gasteiger partial charge is 0.156 e. The Morgan fingerprint density at radius 1 is 1.09 bits per heavy atom. The van der Waals surface area contributed by atoms with Crippen molar-refractivity contribution in [2.24, 2.45) is 0 Å². The van der Waals surface area contributed by atoms with Crippen LogP contribution in [-0.2, 0) is 9.53 Å². The minimum Gasteiger partial charge on any atom is -0.378 e. The fraction of sp³-hybridized carbons (Fsp3) is 0.200. The summed E-state index contributed by atoms with van der Waals surface area (Å²) in [5, 5.41) is 6.53. The lowest BCUT2D eigenvalue weighted by atomic mass is 9.98. The molecule has 1 unspecified atom stereocenters. The Hall–Kier alpha value is -4.24. The van der Waals surface area contributed by atoms with E-state index in [0.717, 1.165) is 66.3 Å². The van der Waals surface area contributed by atoms with Crippen molar-refractivity contribution >= 4 is 40.7 Å². The molecule has 0 amide bonds. The maximum atomic E-state index is 11.8. The highest BCUT2D eigenvalue weighted by Crippen LogP contribution is 2.34. The van der Waals surface area contributed by atoms with Crippen LogP contribution in [0.2, 0.25) is 0 Å². The Morgan fingerprint density at radius 2 is 1.94 bits per heavy atom. The molecule has 0 saturated carbocycles. The number of carbonyl (C=O) groups is 1. The highest BCUT2D eigenvalue weighted by atomic mass is 16.5. The maximum Gasteiger partial charge on any atom is 0.156 e. The topological polar surface area (TPSA) is 108 Å². The van der Waals surface area contributed by atoms with Gasteiger partial charge in [0.15, 0.2) is 5.65 Å². The summed E-state index contributed by atoms with van der Waals surface area (Å²) >= 11 is 0. The third-order valence-electron chi connectivity index (χ3n) is 6.11. The van der Waals surface area contributed by atoms with E-state index in [4.69, 9.17) is 14.7 Å². The van der Waals surface area contributed by atoms with Crippen molar-refractivity contribution in [2.45, 2.75) is 6.04 Å². The third-order valence-corrected chi connectivity index (χ3v) is 6.11. The second kappa shape index (κ2) is 8.60. The lowest BCUT2D eigenvalue weighted by Gasteiger charge is -2.29. The van der Waals surface area contributed by atoms with Gasteiger partial charge in [-0.3, -0.25) is 0 Å². The van der Waals surface area contributed by atoms with E-state index in [1.165, 1.54) is 0 Å². The molecule has 34 heavy (non-hydrogen) atoms. The van der Waals surface area contributed by atoms with Gasteiger partial charge < -0.3 is 30.0 Å². The summed E-state index contributed by atoms with van der Waals surface area (Å²) in [4.78, 5) is 31.2. The molecule has 9 nitrogen and oxygen atoms in total. The molecule has 0 aliphatic carbocycles. The maximum absolute atomic E-state index is 11.8. The first kappa shape index (κ1) is 20.4. The average molecular weight is 454 g/mol. The quantitative estimate of drug-likeness (QED) is 0.395. The van der Waals surface area contributed by atoms with Crippen molar-refractivity contribution in [3.05, 3.63) is 66.1 Å². The van der Waals surface area contributed by atoms with E-state index in [0.29, 0.717) is 17.2 Å². The van der Waals surface area contributed by atoms with Gasteiger partial charge in [0.25, 0.3) is 0 Å². The number of nitrogens with zero attached hydrogens (tertiary/aromatic N) is 4. The number of pyridine rings is 1. The number of H-pyrrole nitrogens is 1. The molecule has 6 rings (SSSR count). The number of carbonyl (C=O) groups excluding carboxylic acids is 1. The zero-order chi connectivity index (χ0) is 22.9. The minimum atomic E-state index is -0.491. The monoisotopic (exact) mass is 453 g/mol. The summed E-state index contributed by atoms with van der Waals surface area (Å²) in [6, 6.07) is 11.6. The second-order valence-corrected chi connectivity index (χ2v) is 8.21. The average Bonchev–Trinajstić information content (AvgIpc) is 3.37. The van der Waals surface area contributed by atoms with E-state index >= 15 is 0 Å². The van der Waals surface area contributed by atoms with Gasteiger partial charge in [0.05, 0.1) is 25.1 Å². The van der Waals surface area contributed by atoms with Crippen LogP contribution in [0.3, 0.4) is 0 Å². The molecule has 0 bridgehead atoms. The highest BCUT2D eigenvalue weighted by molar-refractivity contribution is 5.80. The lowest BCUT2D eigenvalue weighted by Crippen LogP contribution is -2.36. The number of ether oxygens (including phenoxy) is 1. The van der Waals surface area contributed by atoms with Crippen molar-refractivity contribution in [2.75, 3.05) is 36.5 Å². The number of aromatic amines is 1. The highest BCUT2D eigenvalue weighted by Gasteiger charge is 2.23. The van der Waals surface area contributed by atoms with Crippen molar-refractivity contribution in [1.82, 2.24) is 25.3 Å². The van der Waals surface area contributed by atoms with Crippen LogP contribution < -0.4 is 15.5 Å². The fourth-order valence-corrected chi connectivity index (χ4v) is 4.37. The number of fused-ring (bicyclic) bond motifs is 2. The van der Waals surface area contributed by atoms with Crippen LogP contribution >= 0.6 is 0 Å². The van der Waals surface area contributed by atoms with Gasteiger partial charge in [0, 0.05) is 36.2 Å². The second-order valence-electron chi connectivity index (χ2n) is 8.21. The van der Waals surface area contributed by atoms with Gasteiger partial charge in [0.2, 0.25) is 0 Å². The van der Waals surface area contributed by atoms with Crippen LogP contribution in [-0.4, -0.2) is 52.5 Å². The van der Waals surface area contributed by atoms with Crippen molar-refractivity contribution in [3.8, 4) is 11.4 Å². The molecule has 0 radical (unpaired) electrons. The van der Waals surface area contributed by atoms with Crippen molar-refractivity contribution in [1.29, 1.82) is 0 Å². The Labute approximate surface area is 195 Å². The standard InChI is InChI=1S/C25H23N7O2/c33-15-22-23-16(5-7-26-22)13-20(21-14-28-24-19(30-21)6-8-27-24)31-25(23)29-17-1-3-18(4-2-17)32-9-11-34-12-10-32/h1-8,13-15,22,26H,9-12H2,(H,27,28)(H,29,31). The SMILES string of the molecule is O=CC1NC=Cc2cc(-c3cnc4[nH]ccc4n3)nc(Nc3ccc(N4CCOCC4)cc3)c21. The molecule has 170 valence electrons. The molecule has 1 atom stereocenters. The summed E-state index contributed by atoms with van der Waals surface area (Å²) in [5.74, 6) is 0.608. The Morgan fingerprint density at radius 3 is 2.76 bits per heavy atom. The molecule has 3 N–H and O–H groups in total. The molecule has 0 spiro atoms. The Bertz CT molecular complexity index is 1370. The lowest BCUT2D eigenvalue weighted by molar-refractivity contribution is -0.109. The molecule has 1 aromatic carbocycles. The van der Waals surface area contributed by atoms with Gasteiger partial charge in [-0.1, -0.05) is 0 Å². The molecular formula is C25H23N7O2.